The van der Waals surface area contributed by atoms with Crippen LogP contribution in [0.3, 0.4) is 0 Å². The number of nitrogens with zero attached hydrogens (tertiary/aromatic N) is 6. The Morgan fingerprint density at radius 3 is 1.22 bits per heavy atom. The zero-order chi connectivity index (χ0) is 31.3. The molecule has 0 fully saturated rings. The van der Waals surface area contributed by atoms with Crippen molar-refractivity contribution in [3.05, 3.63) is 134 Å². The summed E-state index contributed by atoms with van der Waals surface area (Å²) in [5.74, 6) is 1.61. The summed E-state index contributed by atoms with van der Waals surface area (Å²) in [7, 11) is 3.32. The van der Waals surface area contributed by atoms with E-state index in [0.29, 0.717) is 22.8 Å². The van der Waals surface area contributed by atoms with Crippen LogP contribution >= 0.6 is 0 Å². The highest BCUT2D eigenvalue weighted by Gasteiger charge is 2.11. The quantitative estimate of drug-likeness (QED) is 0.173. The molecule has 5 aromatic heterocycles. The molecule has 0 atom stereocenters. The number of rotatable bonds is 8. The normalized spacial score (nSPS) is 10.8. The average molecular weight is 601 g/mol. The fraction of sp³-hybridized carbons (Fsp3) is 0.0526. The molecule has 0 spiro atoms. The molecule has 0 N–H and O–H groups in total. The first-order valence-electron chi connectivity index (χ1n) is 14.7. The van der Waals surface area contributed by atoms with Crippen molar-refractivity contribution in [3.8, 4) is 79.3 Å². The van der Waals surface area contributed by atoms with Crippen LogP contribution in [0, 0.1) is 0 Å². The molecule has 7 aromatic rings. The summed E-state index contributed by atoms with van der Waals surface area (Å²) >= 11 is 0. The Hall–Kier alpha value is -6.28. The highest BCUT2D eigenvalue weighted by Crippen LogP contribution is 2.28. The Morgan fingerprint density at radius 2 is 0.804 bits per heavy atom. The van der Waals surface area contributed by atoms with Gasteiger partial charge in [-0.2, -0.15) is 0 Å². The Morgan fingerprint density at radius 1 is 0.370 bits per heavy atom. The molecule has 0 amide bonds. The largest absolute Gasteiger partial charge is 0.497 e. The van der Waals surface area contributed by atoms with Gasteiger partial charge in [0.1, 0.15) is 17.8 Å². The van der Waals surface area contributed by atoms with Gasteiger partial charge in [0.25, 0.3) is 0 Å². The van der Waals surface area contributed by atoms with Crippen molar-refractivity contribution in [2.45, 2.75) is 0 Å². The standard InChI is InChI=1S/C38H28N6O2/c1-45-29-9-3-7-25(19-29)27-15-17-31(39-22-27)33-11-5-13-35(43-33)37-21-38(42-24-41-37)36-14-6-12-34(44-36)32-18-16-28(23-40-32)26-8-4-10-30(20-26)46-2/h3-24H,1-2H3. The minimum Gasteiger partial charge on any atom is -0.497 e. The number of hydrogen-bond acceptors (Lipinski definition) is 8. The van der Waals surface area contributed by atoms with Crippen molar-refractivity contribution in [1.29, 1.82) is 0 Å². The summed E-state index contributed by atoms with van der Waals surface area (Å²) in [6.45, 7) is 0. The van der Waals surface area contributed by atoms with E-state index in [2.05, 4.69) is 9.97 Å². The molecule has 0 bridgehead atoms. The molecule has 0 saturated carbocycles. The zero-order valence-electron chi connectivity index (χ0n) is 25.2. The minimum atomic E-state index is 0.688. The highest BCUT2D eigenvalue weighted by atomic mass is 16.5. The van der Waals surface area contributed by atoms with Gasteiger partial charge in [-0.25, -0.2) is 19.9 Å². The number of hydrogen-bond donors (Lipinski definition) is 0. The SMILES string of the molecule is COc1cccc(-c2ccc(-c3cccc(-c4cc(-c5cccc(-c6ccc(-c7cccc(OC)c7)cn6)n5)ncn4)n3)nc2)c1. The van der Waals surface area contributed by atoms with Crippen LogP contribution in [0.2, 0.25) is 0 Å². The topological polar surface area (TPSA) is 95.8 Å². The molecule has 0 radical (unpaired) electrons. The first-order valence-corrected chi connectivity index (χ1v) is 14.7. The maximum atomic E-state index is 5.36. The third-order valence-corrected chi connectivity index (χ3v) is 7.55. The molecule has 0 aliphatic carbocycles. The van der Waals surface area contributed by atoms with Gasteiger partial charge in [-0.05, 0) is 77.9 Å². The molecular formula is C38H28N6O2. The first-order chi connectivity index (χ1) is 22.7. The molecule has 0 saturated heterocycles. The van der Waals surface area contributed by atoms with Gasteiger partial charge in [0.15, 0.2) is 0 Å². The second kappa shape index (κ2) is 12.8. The van der Waals surface area contributed by atoms with Crippen molar-refractivity contribution in [2.75, 3.05) is 14.2 Å². The van der Waals surface area contributed by atoms with Crippen molar-refractivity contribution in [2.24, 2.45) is 0 Å². The number of benzene rings is 2. The molecule has 46 heavy (non-hydrogen) atoms. The van der Waals surface area contributed by atoms with Gasteiger partial charge in [-0.3, -0.25) is 9.97 Å². The molecule has 5 heterocycles. The van der Waals surface area contributed by atoms with E-state index in [0.717, 1.165) is 56.5 Å². The summed E-state index contributed by atoms with van der Waals surface area (Å²) < 4.78 is 10.7. The Labute approximate surface area is 266 Å². The Kier molecular flexibility index (Phi) is 7.90. The maximum absolute atomic E-state index is 5.36. The van der Waals surface area contributed by atoms with E-state index in [-0.39, 0.29) is 0 Å². The Balaban J connectivity index is 1.12. The van der Waals surface area contributed by atoms with Gasteiger partial charge >= 0.3 is 0 Å². The van der Waals surface area contributed by atoms with Gasteiger partial charge in [0, 0.05) is 23.5 Å². The number of pyridine rings is 4. The number of methoxy groups -OCH3 is 2. The monoisotopic (exact) mass is 600 g/mol. The number of aromatic nitrogens is 6. The summed E-state index contributed by atoms with van der Waals surface area (Å²) in [4.78, 5) is 28.2. The van der Waals surface area contributed by atoms with E-state index in [1.807, 2.05) is 128 Å². The van der Waals surface area contributed by atoms with Crippen LogP contribution in [0.15, 0.2) is 134 Å². The van der Waals surface area contributed by atoms with Crippen LogP contribution in [-0.4, -0.2) is 44.1 Å². The lowest BCUT2D eigenvalue weighted by atomic mass is 10.1. The molecule has 2 aromatic carbocycles. The molecule has 7 rings (SSSR count). The molecule has 0 unspecified atom stereocenters. The third kappa shape index (κ3) is 6.05. The summed E-state index contributed by atoms with van der Waals surface area (Å²) in [5.41, 5.74) is 9.90. The van der Waals surface area contributed by atoms with Gasteiger partial charge in [-0.15, -0.1) is 0 Å². The van der Waals surface area contributed by atoms with Crippen molar-refractivity contribution in [3.63, 3.8) is 0 Å². The van der Waals surface area contributed by atoms with Crippen molar-refractivity contribution >= 4 is 0 Å². The lowest BCUT2D eigenvalue weighted by Gasteiger charge is -2.08. The molecule has 0 aliphatic heterocycles. The van der Waals surface area contributed by atoms with Crippen LogP contribution in [-0.2, 0) is 0 Å². The fourth-order valence-electron chi connectivity index (χ4n) is 5.12. The smallest absolute Gasteiger partial charge is 0.119 e. The van der Waals surface area contributed by atoms with Crippen LogP contribution in [0.1, 0.15) is 0 Å². The van der Waals surface area contributed by atoms with Gasteiger partial charge in [-0.1, -0.05) is 48.5 Å². The predicted molar refractivity (Wildman–Crippen MR) is 179 cm³/mol. The van der Waals surface area contributed by atoms with Crippen LogP contribution in [0.4, 0.5) is 0 Å². The van der Waals surface area contributed by atoms with E-state index in [9.17, 15) is 0 Å². The van der Waals surface area contributed by atoms with E-state index in [1.54, 1.807) is 14.2 Å². The predicted octanol–water partition coefficient (Wildman–Crippen LogP) is 8.08. The van der Waals surface area contributed by atoms with E-state index < -0.39 is 0 Å². The van der Waals surface area contributed by atoms with Gasteiger partial charge < -0.3 is 9.47 Å². The van der Waals surface area contributed by atoms with Crippen LogP contribution < -0.4 is 9.47 Å². The molecular weight excluding hydrogens is 572 g/mol. The lowest BCUT2D eigenvalue weighted by Crippen LogP contribution is -1.96. The van der Waals surface area contributed by atoms with E-state index >= 15 is 0 Å². The second-order valence-electron chi connectivity index (χ2n) is 10.4. The number of ether oxygens (including phenoxy) is 2. The van der Waals surface area contributed by atoms with Crippen LogP contribution in [0.25, 0.3) is 67.8 Å². The third-order valence-electron chi connectivity index (χ3n) is 7.55. The highest BCUT2D eigenvalue weighted by molar-refractivity contribution is 5.71. The zero-order valence-corrected chi connectivity index (χ0v) is 25.2. The molecule has 0 aliphatic rings. The van der Waals surface area contributed by atoms with E-state index in [4.69, 9.17) is 29.4 Å². The van der Waals surface area contributed by atoms with Crippen molar-refractivity contribution < 1.29 is 9.47 Å². The average Bonchev–Trinajstić information content (AvgIpc) is 3.15. The van der Waals surface area contributed by atoms with Crippen molar-refractivity contribution in [1.82, 2.24) is 29.9 Å². The fourth-order valence-corrected chi connectivity index (χ4v) is 5.12. The Bertz CT molecular complexity index is 1980. The molecule has 8 heteroatoms. The molecule has 8 nitrogen and oxygen atoms in total. The maximum Gasteiger partial charge on any atom is 0.119 e. The second-order valence-corrected chi connectivity index (χ2v) is 10.4. The first kappa shape index (κ1) is 28.5. The van der Waals surface area contributed by atoms with Gasteiger partial charge in [0.05, 0.1) is 59.8 Å². The van der Waals surface area contributed by atoms with Gasteiger partial charge in [0.2, 0.25) is 0 Å². The summed E-state index contributed by atoms with van der Waals surface area (Å²) in [6.07, 6.45) is 5.23. The van der Waals surface area contributed by atoms with Crippen LogP contribution in [0.5, 0.6) is 11.5 Å². The summed E-state index contributed by atoms with van der Waals surface area (Å²) in [6, 6.07) is 37.4. The minimum absolute atomic E-state index is 0.688. The van der Waals surface area contributed by atoms with E-state index in [1.165, 1.54) is 6.33 Å². The lowest BCUT2D eigenvalue weighted by molar-refractivity contribution is 0.415. The molecule has 222 valence electrons. The summed E-state index contributed by atoms with van der Waals surface area (Å²) in [5, 5.41) is 0.